The van der Waals surface area contributed by atoms with Gasteiger partial charge in [-0.3, -0.25) is 0 Å². The molecule has 0 bridgehead atoms. The number of sulfone groups is 1. The van der Waals surface area contributed by atoms with Crippen molar-refractivity contribution in [3.8, 4) is 5.75 Å². The molecule has 2 aliphatic heterocycles. The summed E-state index contributed by atoms with van der Waals surface area (Å²) in [6, 6.07) is 6.32. The lowest BCUT2D eigenvalue weighted by Crippen LogP contribution is -2.25. The monoisotopic (exact) mass is 372 g/mol. The second-order valence-corrected chi connectivity index (χ2v) is 9.24. The lowest BCUT2D eigenvalue weighted by molar-refractivity contribution is 0.181. The Hall–Kier alpha value is -0.550. The van der Waals surface area contributed by atoms with Gasteiger partial charge < -0.3 is 4.74 Å². The molecular weight excluding hydrogens is 352 g/mol. The number of hydrogen-bond donors (Lipinski definition) is 0. The molecule has 1 aromatic rings. The Balaban J connectivity index is 1.64. The van der Waals surface area contributed by atoms with Gasteiger partial charge in [0.1, 0.15) is 11.9 Å². The zero-order valence-corrected chi connectivity index (χ0v) is 14.6. The second-order valence-electron chi connectivity index (χ2n) is 6.37. The number of alkyl halides is 1. The first-order valence-corrected chi connectivity index (χ1v) is 10.4. The number of fused-ring (bicyclic) bond motifs is 1. The zero-order chi connectivity index (χ0) is 15.0. The number of aryl methyl sites for hydroxylation is 1. The predicted octanol–water partition coefficient (Wildman–Crippen LogP) is 3.13. The van der Waals surface area contributed by atoms with Gasteiger partial charge in [0.2, 0.25) is 0 Å². The Morgan fingerprint density at radius 1 is 1.43 bits per heavy atom. The van der Waals surface area contributed by atoms with E-state index in [2.05, 4.69) is 35.0 Å². The smallest absolute Gasteiger partial charge is 0.150 e. The van der Waals surface area contributed by atoms with E-state index < -0.39 is 9.84 Å². The van der Waals surface area contributed by atoms with Crippen LogP contribution in [0.1, 0.15) is 24.0 Å². The van der Waals surface area contributed by atoms with Crippen LogP contribution in [0, 0.1) is 18.8 Å². The van der Waals surface area contributed by atoms with Crippen molar-refractivity contribution < 1.29 is 13.2 Å². The highest BCUT2D eigenvalue weighted by molar-refractivity contribution is 9.09. The summed E-state index contributed by atoms with van der Waals surface area (Å²) in [7, 11) is -2.81. The number of benzene rings is 1. The minimum atomic E-state index is -2.81. The maximum Gasteiger partial charge on any atom is 0.150 e. The molecule has 5 heteroatoms. The molecule has 3 rings (SSSR count). The Bertz CT molecular complexity index is 626. The molecule has 116 valence electrons. The molecule has 3 atom stereocenters. The molecule has 0 aliphatic carbocycles. The maximum absolute atomic E-state index is 11.7. The van der Waals surface area contributed by atoms with Crippen LogP contribution < -0.4 is 4.74 Å². The number of hydrogen-bond acceptors (Lipinski definition) is 3. The molecule has 1 fully saturated rings. The fourth-order valence-electron chi connectivity index (χ4n) is 3.50. The van der Waals surface area contributed by atoms with Gasteiger partial charge in [-0.05, 0) is 43.2 Å². The van der Waals surface area contributed by atoms with Crippen LogP contribution >= 0.6 is 15.9 Å². The molecular formula is C16H21BrO3S. The summed E-state index contributed by atoms with van der Waals surface area (Å²) in [4.78, 5) is 0. The van der Waals surface area contributed by atoms with E-state index in [9.17, 15) is 8.42 Å². The fourth-order valence-corrected chi connectivity index (χ4v) is 6.21. The molecule has 3 unspecified atom stereocenters. The number of ether oxygens (including phenoxy) is 1. The van der Waals surface area contributed by atoms with Gasteiger partial charge in [-0.25, -0.2) is 8.42 Å². The Morgan fingerprint density at radius 3 is 2.90 bits per heavy atom. The van der Waals surface area contributed by atoms with Gasteiger partial charge in [0.15, 0.2) is 9.84 Å². The Labute approximate surface area is 135 Å². The third-order valence-corrected chi connectivity index (χ3v) is 7.28. The van der Waals surface area contributed by atoms with E-state index in [1.165, 1.54) is 11.1 Å². The summed E-state index contributed by atoms with van der Waals surface area (Å²) in [6.07, 6.45) is 2.86. The highest BCUT2D eigenvalue weighted by Crippen LogP contribution is 2.36. The first-order valence-electron chi connectivity index (χ1n) is 7.49. The first kappa shape index (κ1) is 15.3. The molecule has 0 N–H and O–H groups in total. The SMILES string of the molecule is Cc1ccc2c(c1)CC(CC(CBr)C1CCS(=O)(=O)C1)O2. The molecule has 0 amide bonds. The van der Waals surface area contributed by atoms with Gasteiger partial charge >= 0.3 is 0 Å². The summed E-state index contributed by atoms with van der Waals surface area (Å²) in [5.74, 6) is 2.36. The highest BCUT2D eigenvalue weighted by atomic mass is 79.9. The number of rotatable bonds is 4. The molecule has 0 radical (unpaired) electrons. The van der Waals surface area contributed by atoms with Crippen molar-refractivity contribution in [2.45, 2.75) is 32.3 Å². The van der Waals surface area contributed by atoms with Crippen LogP contribution in [0.15, 0.2) is 18.2 Å². The normalized spacial score (nSPS) is 28.1. The van der Waals surface area contributed by atoms with Gasteiger partial charge in [0.25, 0.3) is 0 Å². The van der Waals surface area contributed by atoms with Gasteiger partial charge in [-0.2, -0.15) is 0 Å². The summed E-state index contributed by atoms with van der Waals surface area (Å²) in [6.45, 7) is 2.10. The molecule has 0 spiro atoms. The first-order chi connectivity index (χ1) is 9.97. The van der Waals surface area contributed by atoms with Crippen LogP contribution in [0.25, 0.3) is 0 Å². The molecule has 1 saturated heterocycles. The average molecular weight is 373 g/mol. The lowest BCUT2D eigenvalue weighted by atomic mass is 9.88. The molecule has 2 aliphatic rings. The quantitative estimate of drug-likeness (QED) is 0.762. The lowest BCUT2D eigenvalue weighted by Gasteiger charge is -2.23. The summed E-state index contributed by atoms with van der Waals surface area (Å²) in [5, 5.41) is 0.850. The van der Waals surface area contributed by atoms with Crippen molar-refractivity contribution in [3.63, 3.8) is 0 Å². The van der Waals surface area contributed by atoms with Crippen LogP contribution in [0.3, 0.4) is 0 Å². The number of halogens is 1. The average Bonchev–Trinajstić information content (AvgIpc) is 2.98. The third kappa shape index (κ3) is 3.45. The van der Waals surface area contributed by atoms with Gasteiger partial charge in [0.05, 0.1) is 11.5 Å². The largest absolute Gasteiger partial charge is 0.490 e. The fraction of sp³-hybridized carbons (Fsp3) is 0.625. The minimum absolute atomic E-state index is 0.188. The molecule has 2 heterocycles. The Morgan fingerprint density at radius 2 is 2.24 bits per heavy atom. The van der Waals surface area contributed by atoms with E-state index in [0.717, 1.165) is 30.3 Å². The van der Waals surface area contributed by atoms with Crippen LogP contribution in [0.2, 0.25) is 0 Å². The second kappa shape index (κ2) is 5.92. The molecule has 21 heavy (non-hydrogen) atoms. The van der Waals surface area contributed by atoms with E-state index in [4.69, 9.17) is 4.74 Å². The predicted molar refractivity (Wildman–Crippen MR) is 88.0 cm³/mol. The van der Waals surface area contributed by atoms with Crippen LogP contribution in [0.5, 0.6) is 5.75 Å². The third-order valence-electron chi connectivity index (χ3n) is 4.66. The summed E-state index contributed by atoms with van der Waals surface area (Å²) >= 11 is 3.57. The molecule has 0 saturated carbocycles. The minimum Gasteiger partial charge on any atom is -0.490 e. The van der Waals surface area contributed by atoms with Crippen molar-refractivity contribution in [3.05, 3.63) is 29.3 Å². The maximum atomic E-state index is 11.7. The van der Waals surface area contributed by atoms with Crippen molar-refractivity contribution in [2.24, 2.45) is 11.8 Å². The molecule has 0 aromatic heterocycles. The van der Waals surface area contributed by atoms with Crippen LogP contribution in [-0.2, 0) is 16.3 Å². The van der Waals surface area contributed by atoms with Crippen molar-refractivity contribution in [1.82, 2.24) is 0 Å². The van der Waals surface area contributed by atoms with Crippen molar-refractivity contribution in [1.29, 1.82) is 0 Å². The zero-order valence-electron chi connectivity index (χ0n) is 12.2. The van der Waals surface area contributed by atoms with E-state index in [-0.39, 0.29) is 12.0 Å². The van der Waals surface area contributed by atoms with Crippen molar-refractivity contribution in [2.75, 3.05) is 16.8 Å². The summed E-state index contributed by atoms with van der Waals surface area (Å²) < 4.78 is 29.4. The van der Waals surface area contributed by atoms with E-state index in [1.54, 1.807) is 0 Å². The van der Waals surface area contributed by atoms with E-state index in [0.29, 0.717) is 17.4 Å². The topological polar surface area (TPSA) is 43.4 Å². The van der Waals surface area contributed by atoms with Crippen LogP contribution in [0.4, 0.5) is 0 Å². The summed E-state index contributed by atoms with van der Waals surface area (Å²) in [5.41, 5.74) is 2.55. The molecule has 3 nitrogen and oxygen atoms in total. The standard InChI is InChI=1S/C16H21BrO3S/c1-11-2-3-16-13(6-11)7-15(20-16)8-14(9-17)12-4-5-21(18,19)10-12/h2-3,6,12,14-15H,4-5,7-10H2,1H3. The van der Waals surface area contributed by atoms with E-state index >= 15 is 0 Å². The Kier molecular flexibility index (Phi) is 4.33. The van der Waals surface area contributed by atoms with Gasteiger partial charge in [0, 0.05) is 11.8 Å². The van der Waals surface area contributed by atoms with Gasteiger partial charge in [-0.1, -0.05) is 33.6 Å². The highest BCUT2D eigenvalue weighted by Gasteiger charge is 2.35. The van der Waals surface area contributed by atoms with E-state index in [1.807, 2.05) is 6.07 Å². The van der Waals surface area contributed by atoms with Gasteiger partial charge in [-0.15, -0.1) is 0 Å². The van der Waals surface area contributed by atoms with Crippen LogP contribution in [-0.4, -0.2) is 31.4 Å². The molecule has 1 aromatic carbocycles. The van der Waals surface area contributed by atoms with Crippen molar-refractivity contribution >= 4 is 25.8 Å².